The van der Waals surface area contributed by atoms with E-state index in [-0.39, 0.29) is 5.69 Å². The first kappa shape index (κ1) is 12.3. The van der Waals surface area contributed by atoms with E-state index >= 15 is 0 Å². The van der Waals surface area contributed by atoms with Gasteiger partial charge in [-0.2, -0.15) is 5.10 Å². The van der Waals surface area contributed by atoms with Crippen LogP contribution in [-0.2, 0) is 7.05 Å². The van der Waals surface area contributed by atoms with Crippen LogP contribution in [-0.4, -0.2) is 35.2 Å². The number of aromatic nitrogens is 5. The van der Waals surface area contributed by atoms with Gasteiger partial charge in [-0.1, -0.05) is 0 Å². The van der Waals surface area contributed by atoms with Crippen LogP contribution in [0.1, 0.15) is 21.9 Å². The highest BCUT2D eigenvalue weighted by Gasteiger charge is 2.17. The highest BCUT2D eigenvalue weighted by molar-refractivity contribution is 5.86. The third-order valence-electron chi connectivity index (χ3n) is 3.35. The lowest BCUT2D eigenvalue weighted by Gasteiger charge is -2.05. The molecule has 0 saturated carbocycles. The minimum atomic E-state index is -1.07. The van der Waals surface area contributed by atoms with Crippen molar-refractivity contribution in [1.82, 2.24) is 24.1 Å². The Balaban J connectivity index is 2.33. The largest absolute Gasteiger partial charge is 0.476 e. The molecule has 102 valence electrons. The Hall–Kier alpha value is -2.70. The highest BCUT2D eigenvalue weighted by Crippen LogP contribution is 2.26. The second-order valence-corrected chi connectivity index (χ2v) is 4.60. The fourth-order valence-corrected chi connectivity index (χ4v) is 2.34. The molecule has 0 aliphatic carbocycles. The minimum Gasteiger partial charge on any atom is -0.476 e. The predicted molar refractivity (Wildman–Crippen MR) is 71.6 cm³/mol. The topological polar surface area (TPSA) is 85.3 Å². The van der Waals surface area contributed by atoms with Crippen molar-refractivity contribution in [3.8, 4) is 11.3 Å². The summed E-state index contributed by atoms with van der Waals surface area (Å²) in [6, 6.07) is 1.83. The SMILES string of the molecule is Cc1nn(C)c(C)c1-c1ccnc2nc(C(=O)O)cn12. The third kappa shape index (κ3) is 1.67. The molecule has 7 heteroatoms. The fourth-order valence-electron chi connectivity index (χ4n) is 2.34. The molecular formula is C13H13N5O2. The lowest BCUT2D eigenvalue weighted by Crippen LogP contribution is -1.96. The molecule has 3 heterocycles. The number of nitrogens with zero attached hydrogens (tertiary/aromatic N) is 5. The average molecular weight is 271 g/mol. The summed E-state index contributed by atoms with van der Waals surface area (Å²) in [4.78, 5) is 19.1. The molecule has 0 unspecified atom stereocenters. The molecule has 0 amide bonds. The van der Waals surface area contributed by atoms with Crippen molar-refractivity contribution in [2.45, 2.75) is 13.8 Å². The maximum atomic E-state index is 11.0. The molecule has 0 saturated heterocycles. The van der Waals surface area contributed by atoms with Crippen molar-refractivity contribution in [2.75, 3.05) is 0 Å². The third-order valence-corrected chi connectivity index (χ3v) is 3.35. The molecule has 0 aliphatic rings. The van der Waals surface area contributed by atoms with Crippen molar-refractivity contribution in [2.24, 2.45) is 7.05 Å². The summed E-state index contributed by atoms with van der Waals surface area (Å²) in [6.07, 6.45) is 3.10. The Morgan fingerprint density at radius 1 is 1.35 bits per heavy atom. The summed E-state index contributed by atoms with van der Waals surface area (Å²) in [5.41, 5.74) is 3.65. The van der Waals surface area contributed by atoms with E-state index < -0.39 is 5.97 Å². The van der Waals surface area contributed by atoms with E-state index in [1.54, 1.807) is 15.3 Å². The summed E-state index contributed by atoms with van der Waals surface area (Å²) in [5, 5.41) is 13.4. The molecule has 3 aromatic heterocycles. The second kappa shape index (κ2) is 4.16. The Labute approximate surface area is 114 Å². The molecule has 3 rings (SSSR count). The minimum absolute atomic E-state index is 0.0239. The van der Waals surface area contributed by atoms with Crippen LogP contribution in [0.2, 0.25) is 0 Å². The first-order valence-corrected chi connectivity index (χ1v) is 6.07. The van der Waals surface area contributed by atoms with Crippen LogP contribution >= 0.6 is 0 Å². The van der Waals surface area contributed by atoms with Gasteiger partial charge in [0, 0.05) is 30.7 Å². The first-order valence-electron chi connectivity index (χ1n) is 6.07. The van der Waals surface area contributed by atoms with E-state index in [1.165, 1.54) is 6.20 Å². The van der Waals surface area contributed by atoms with Gasteiger partial charge in [0.05, 0.1) is 11.4 Å². The summed E-state index contributed by atoms with van der Waals surface area (Å²) in [7, 11) is 1.88. The Kier molecular flexibility index (Phi) is 2.56. The van der Waals surface area contributed by atoms with Gasteiger partial charge in [0.15, 0.2) is 5.69 Å². The van der Waals surface area contributed by atoms with Crippen molar-refractivity contribution >= 4 is 11.7 Å². The molecule has 7 nitrogen and oxygen atoms in total. The highest BCUT2D eigenvalue weighted by atomic mass is 16.4. The van der Waals surface area contributed by atoms with E-state index in [0.717, 1.165) is 22.6 Å². The van der Waals surface area contributed by atoms with Gasteiger partial charge in [0.1, 0.15) is 0 Å². The zero-order chi connectivity index (χ0) is 14.4. The number of carboxylic acid groups (broad SMARTS) is 1. The number of fused-ring (bicyclic) bond motifs is 1. The lowest BCUT2D eigenvalue weighted by molar-refractivity contribution is 0.0691. The molecule has 0 radical (unpaired) electrons. The zero-order valence-corrected chi connectivity index (χ0v) is 11.3. The maximum Gasteiger partial charge on any atom is 0.356 e. The van der Waals surface area contributed by atoms with E-state index in [0.29, 0.717) is 5.78 Å². The molecule has 0 fully saturated rings. The Morgan fingerprint density at radius 3 is 2.70 bits per heavy atom. The van der Waals surface area contributed by atoms with E-state index in [1.807, 2.05) is 27.0 Å². The molecule has 3 aromatic rings. The second-order valence-electron chi connectivity index (χ2n) is 4.60. The van der Waals surface area contributed by atoms with Crippen LogP contribution in [0.25, 0.3) is 17.0 Å². The van der Waals surface area contributed by atoms with Gasteiger partial charge < -0.3 is 5.11 Å². The zero-order valence-electron chi connectivity index (χ0n) is 11.3. The Bertz CT molecular complexity index is 831. The molecule has 0 spiro atoms. The summed E-state index contributed by atoms with van der Waals surface area (Å²) in [6.45, 7) is 3.89. The predicted octanol–water partition coefficient (Wildman–Crippen LogP) is 1.44. The van der Waals surface area contributed by atoms with Crippen molar-refractivity contribution in [3.05, 3.63) is 35.5 Å². The molecule has 0 atom stereocenters. The average Bonchev–Trinajstić information content (AvgIpc) is 2.92. The van der Waals surface area contributed by atoms with Gasteiger partial charge >= 0.3 is 5.97 Å². The van der Waals surface area contributed by atoms with E-state index in [2.05, 4.69) is 15.1 Å². The maximum absolute atomic E-state index is 11.0. The number of aryl methyl sites for hydroxylation is 2. The number of aromatic carboxylic acids is 1. The van der Waals surface area contributed by atoms with Crippen LogP contribution in [0.3, 0.4) is 0 Å². The number of hydrogen-bond acceptors (Lipinski definition) is 4. The van der Waals surface area contributed by atoms with Gasteiger partial charge in [-0.05, 0) is 19.9 Å². The normalized spacial score (nSPS) is 11.2. The van der Waals surface area contributed by atoms with Crippen molar-refractivity contribution < 1.29 is 9.90 Å². The van der Waals surface area contributed by atoms with E-state index in [4.69, 9.17) is 5.11 Å². The van der Waals surface area contributed by atoms with Gasteiger partial charge in [0.2, 0.25) is 5.78 Å². The number of hydrogen-bond donors (Lipinski definition) is 1. The lowest BCUT2D eigenvalue weighted by atomic mass is 10.1. The fraction of sp³-hybridized carbons (Fsp3) is 0.231. The van der Waals surface area contributed by atoms with Gasteiger partial charge in [-0.25, -0.2) is 14.8 Å². The van der Waals surface area contributed by atoms with Crippen molar-refractivity contribution in [3.63, 3.8) is 0 Å². The quantitative estimate of drug-likeness (QED) is 0.762. The number of carbonyl (C=O) groups is 1. The van der Waals surface area contributed by atoms with Gasteiger partial charge in [-0.3, -0.25) is 9.08 Å². The van der Waals surface area contributed by atoms with Crippen LogP contribution < -0.4 is 0 Å². The number of rotatable bonds is 2. The van der Waals surface area contributed by atoms with Gasteiger partial charge in [0.25, 0.3) is 0 Å². The van der Waals surface area contributed by atoms with Crippen LogP contribution in [0.4, 0.5) is 0 Å². The molecule has 20 heavy (non-hydrogen) atoms. The van der Waals surface area contributed by atoms with Crippen LogP contribution in [0.15, 0.2) is 18.5 Å². The van der Waals surface area contributed by atoms with Crippen LogP contribution in [0.5, 0.6) is 0 Å². The summed E-state index contributed by atoms with van der Waals surface area (Å²) < 4.78 is 3.48. The molecule has 1 N–H and O–H groups in total. The monoisotopic (exact) mass is 271 g/mol. The molecule has 0 aromatic carbocycles. The smallest absolute Gasteiger partial charge is 0.356 e. The van der Waals surface area contributed by atoms with Gasteiger partial charge in [-0.15, -0.1) is 0 Å². The first-order chi connectivity index (χ1) is 9.49. The van der Waals surface area contributed by atoms with Crippen molar-refractivity contribution in [1.29, 1.82) is 0 Å². The number of imidazole rings is 1. The standard InChI is InChI=1S/C13H13N5O2/c1-7-11(8(2)17(3)16-7)10-4-5-14-13-15-9(12(19)20)6-18(10)13/h4-6H,1-3H3,(H,19,20). The summed E-state index contributed by atoms with van der Waals surface area (Å²) >= 11 is 0. The molecule has 0 bridgehead atoms. The van der Waals surface area contributed by atoms with Crippen LogP contribution in [0, 0.1) is 13.8 Å². The Morgan fingerprint density at radius 2 is 2.10 bits per heavy atom. The molecule has 0 aliphatic heterocycles. The molecular weight excluding hydrogens is 258 g/mol. The number of carboxylic acids is 1. The summed E-state index contributed by atoms with van der Waals surface area (Å²) in [5.74, 6) is -0.705. The van der Waals surface area contributed by atoms with E-state index in [9.17, 15) is 4.79 Å².